The first-order valence-corrected chi connectivity index (χ1v) is 6.79. The van der Waals surface area contributed by atoms with Gasteiger partial charge in [0.2, 0.25) is 0 Å². The van der Waals surface area contributed by atoms with Gasteiger partial charge in [0, 0.05) is 5.69 Å². The number of anilines is 1. The summed E-state index contributed by atoms with van der Waals surface area (Å²) in [5, 5.41) is 3.56. The van der Waals surface area contributed by atoms with Crippen molar-refractivity contribution in [3.63, 3.8) is 0 Å². The van der Waals surface area contributed by atoms with E-state index in [1.165, 1.54) is 11.1 Å². The first kappa shape index (κ1) is 14.2. The van der Waals surface area contributed by atoms with Gasteiger partial charge in [-0.05, 0) is 43.2 Å². The Morgan fingerprint density at radius 3 is 2.30 bits per heavy atom. The van der Waals surface area contributed by atoms with Crippen molar-refractivity contribution in [2.75, 3.05) is 12.4 Å². The van der Waals surface area contributed by atoms with Gasteiger partial charge in [0.1, 0.15) is 5.75 Å². The molecule has 0 aliphatic carbocycles. The molecule has 0 aliphatic rings. The third-order valence-corrected chi connectivity index (χ3v) is 3.19. The summed E-state index contributed by atoms with van der Waals surface area (Å²) in [6, 6.07) is 18.7. The summed E-state index contributed by atoms with van der Waals surface area (Å²) in [6.07, 6.45) is 0.913. The Hall–Kier alpha value is -2.22. The summed E-state index contributed by atoms with van der Waals surface area (Å²) in [4.78, 5) is 0. The van der Waals surface area contributed by atoms with Crippen LogP contribution in [-0.4, -0.2) is 7.11 Å². The lowest BCUT2D eigenvalue weighted by Crippen LogP contribution is -2.11. The number of hydrogen-bond donors (Lipinski definition) is 1. The topological polar surface area (TPSA) is 21.3 Å². The van der Waals surface area contributed by atoms with Crippen molar-refractivity contribution in [1.29, 1.82) is 0 Å². The third-order valence-electron chi connectivity index (χ3n) is 3.19. The van der Waals surface area contributed by atoms with E-state index in [1.54, 1.807) is 7.11 Å². The van der Waals surface area contributed by atoms with Crippen LogP contribution in [0.3, 0.4) is 0 Å². The van der Waals surface area contributed by atoms with Gasteiger partial charge in [-0.2, -0.15) is 0 Å². The summed E-state index contributed by atoms with van der Waals surface area (Å²) in [7, 11) is 1.68. The van der Waals surface area contributed by atoms with E-state index in [9.17, 15) is 0 Å². The summed E-state index contributed by atoms with van der Waals surface area (Å²) < 4.78 is 5.18. The fourth-order valence-electron chi connectivity index (χ4n) is 2.17. The molecule has 2 aromatic carbocycles. The molecule has 104 valence electrons. The van der Waals surface area contributed by atoms with Crippen LogP contribution in [0.1, 0.15) is 24.9 Å². The van der Waals surface area contributed by atoms with Gasteiger partial charge in [-0.3, -0.25) is 0 Å². The van der Waals surface area contributed by atoms with E-state index in [0.29, 0.717) is 0 Å². The molecular weight excluding hydrogens is 246 g/mol. The molecular formula is C18H21NO. The highest BCUT2D eigenvalue weighted by Gasteiger charge is 2.11. The van der Waals surface area contributed by atoms with E-state index in [2.05, 4.69) is 43.1 Å². The van der Waals surface area contributed by atoms with Crippen LogP contribution < -0.4 is 10.1 Å². The van der Waals surface area contributed by atoms with Crippen molar-refractivity contribution in [2.45, 2.75) is 19.4 Å². The molecule has 1 N–H and O–H groups in total. The van der Waals surface area contributed by atoms with Gasteiger partial charge in [0.25, 0.3) is 0 Å². The second kappa shape index (κ2) is 6.80. The van der Waals surface area contributed by atoms with Crippen LogP contribution >= 0.6 is 0 Å². The molecule has 0 heterocycles. The van der Waals surface area contributed by atoms with Gasteiger partial charge in [0.05, 0.1) is 13.2 Å². The fraction of sp³-hybridized carbons (Fsp3) is 0.222. The Morgan fingerprint density at radius 2 is 1.75 bits per heavy atom. The zero-order valence-corrected chi connectivity index (χ0v) is 12.1. The third kappa shape index (κ3) is 3.89. The molecule has 1 atom stereocenters. The van der Waals surface area contributed by atoms with E-state index >= 15 is 0 Å². The molecule has 0 saturated carbocycles. The predicted molar refractivity (Wildman–Crippen MR) is 85.2 cm³/mol. The van der Waals surface area contributed by atoms with Crippen molar-refractivity contribution in [1.82, 2.24) is 0 Å². The molecule has 0 saturated heterocycles. The molecule has 0 amide bonds. The minimum absolute atomic E-state index is 0.238. The highest BCUT2D eigenvalue weighted by Crippen LogP contribution is 2.26. The van der Waals surface area contributed by atoms with E-state index in [-0.39, 0.29) is 6.04 Å². The van der Waals surface area contributed by atoms with Crippen molar-refractivity contribution >= 4 is 5.69 Å². The standard InChI is InChI=1S/C18H21NO/c1-14(2)13-18(15-7-5-4-6-8-15)19-16-9-11-17(20-3)12-10-16/h4-12,18-19H,1,13H2,2-3H3/t18-/m0/s1. The minimum atomic E-state index is 0.238. The Morgan fingerprint density at radius 1 is 1.10 bits per heavy atom. The van der Waals surface area contributed by atoms with Crippen molar-refractivity contribution in [2.24, 2.45) is 0 Å². The molecule has 0 radical (unpaired) electrons. The van der Waals surface area contributed by atoms with Crippen LogP contribution in [-0.2, 0) is 0 Å². The smallest absolute Gasteiger partial charge is 0.119 e. The molecule has 2 rings (SSSR count). The summed E-state index contributed by atoms with van der Waals surface area (Å²) in [6.45, 7) is 6.09. The first-order chi connectivity index (χ1) is 9.69. The molecule has 2 nitrogen and oxygen atoms in total. The van der Waals surface area contributed by atoms with Crippen LogP contribution in [0.15, 0.2) is 66.7 Å². The quantitative estimate of drug-likeness (QED) is 0.758. The molecule has 2 heteroatoms. The lowest BCUT2D eigenvalue weighted by atomic mass is 10.00. The van der Waals surface area contributed by atoms with Gasteiger partial charge >= 0.3 is 0 Å². The van der Waals surface area contributed by atoms with E-state index < -0.39 is 0 Å². The maximum atomic E-state index is 5.18. The van der Waals surface area contributed by atoms with Crippen LogP contribution in [0.4, 0.5) is 5.69 Å². The maximum absolute atomic E-state index is 5.18. The highest BCUT2D eigenvalue weighted by molar-refractivity contribution is 5.48. The Kier molecular flexibility index (Phi) is 4.83. The van der Waals surface area contributed by atoms with E-state index in [1.807, 2.05) is 30.3 Å². The largest absolute Gasteiger partial charge is 0.497 e. The summed E-state index contributed by atoms with van der Waals surface area (Å²) >= 11 is 0. The van der Waals surface area contributed by atoms with Gasteiger partial charge < -0.3 is 10.1 Å². The summed E-state index contributed by atoms with van der Waals surface area (Å²) in [5.74, 6) is 0.867. The zero-order valence-electron chi connectivity index (χ0n) is 12.1. The second-order valence-electron chi connectivity index (χ2n) is 5.00. The number of rotatable bonds is 6. The molecule has 0 fully saturated rings. The first-order valence-electron chi connectivity index (χ1n) is 6.79. The number of hydrogen-bond acceptors (Lipinski definition) is 2. The lowest BCUT2D eigenvalue weighted by Gasteiger charge is -2.21. The maximum Gasteiger partial charge on any atom is 0.119 e. The van der Waals surface area contributed by atoms with Gasteiger partial charge in [0.15, 0.2) is 0 Å². The molecule has 0 aliphatic heterocycles. The fourth-order valence-corrected chi connectivity index (χ4v) is 2.17. The monoisotopic (exact) mass is 267 g/mol. The van der Waals surface area contributed by atoms with E-state index in [0.717, 1.165) is 17.9 Å². The van der Waals surface area contributed by atoms with Crippen molar-refractivity contribution < 1.29 is 4.74 Å². The number of methoxy groups -OCH3 is 1. The average molecular weight is 267 g/mol. The van der Waals surface area contributed by atoms with Crippen LogP contribution in [0.2, 0.25) is 0 Å². The number of ether oxygens (including phenoxy) is 1. The molecule has 0 bridgehead atoms. The van der Waals surface area contributed by atoms with Gasteiger partial charge in [-0.15, -0.1) is 6.58 Å². The van der Waals surface area contributed by atoms with Crippen molar-refractivity contribution in [3.05, 3.63) is 72.3 Å². The second-order valence-corrected chi connectivity index (χ2v) is 5.00. The van der Waals surface area contributed by atoms with Gasteiger partial charge in [-0.1, -0.05) is 35.9 Å². The molecule has 0 aromatic heterocycles. The Labute approximate surface area is 121 Å². The normalized spacial score (nSPS) is 11.7. The Balaban J connectivity index is 2.16. The Bertz CT molecular complexity index is 545. The molecule has 20 heavy (non-hydrogen) atoms. The molecule has 0 unspecified atom stereocenters. The highest BCUT2D eigenvalue weighted by atomic mass is 16.5. The van der Waals surface area contributed by atoms with E-state index in [4.69, 9.17) is 4.74 Å². The van der Waals surface area contributed by atoms with Gasteiger partial charge in [-0.25, -0.2) is 0 Å². The number of benzene rings is 2. The lowest BCUT2D eigenvalue weighted by molar-refractivity contribution is 0.415. The minimum Gasteiger partial charge on any atom is -0.497 e. The van der Waals surface area contributed by atoms with Crippen molar-refractivity contribution in [3.8, 4) is 5.75 Å². The van der Waals surface area contributed by atoms with Crippen LogP contribution in [0.5, 0.6) is 5.75 Å². The molecule has 2 aromatic rings. The molecule has 0 spiro atoms. The number of nitrogens with one attached hydrogen (secondary N) is 1. The predicted octanol–water partition coefficient (Wildman–Crippen LogP) is 4.81. The van der Waals surface area contributed by atoms with Crippen LogP contribution in [0, 0.1) is 0 Å². The zero-order chi connectivity index (χ0) is 14.4. The SMILES string of the molecule is C=C(C)C[C@H](Nc1ccc(OC)cc1)c1ccccc1. The summed E-state index contributed by atoms with van der Waals surface area (Å²) in [5.41, 5.74) is 3.52. The average Bonchev–Trinajstić information content (AvgIpc) is 2.48. The van der Waals surface area contributed by atoms with Crippen LogP contribution in [0.25, 0.3) is 0 Å².